The van der Waals surface area contributed by atoms with Gasteiger partial charge in [-0.15, -0.1) is 0 Å². The van der Waals surface area contributed by atoms with Gasteiger partial charge in [0.1, 0.15) is 22.4 Å². The van der Waals surface area contributed by atoms with Gasteiger partial charge in [-0.2, -0.15) is 0 Å². The van der Waals surface area contributed by atoms with Crippen LogP contribution in [0.3, 0.4) is 0 Å². The van der Waals surface area contributed by atoms with Crippen molar-refractivity contribution in [2.75, 3.05) is 0 Å². The summed E-state index contributed by atoms with van der Waals surface area (Å²) in [5, 5.41) is 11.1. The third-order valence-corrected chi connectivity index (χ3v) is 4.77. The molecule has 0 aliphatic carbocycles. The van der Waals surface area contributed by atoms with Crippen LogP contribution < -0.4 is 5.56 Å². The molecule has 0 aliphatic rings. The molecule has 144 valence electrons. The van der Waals surface area contributed by atoms with Gasteiger partial charge in [0, 0.05) is 22.9 Å². The number of aromatic amines is 2. The standard InChI is InChI=1S/C22H22ClN3O2/c1-4-5-6-7-13(2)10-14(3)22-25-20(21(23)26-22)15-8-9-17-16(11-15)18(27)12-19(28)24-17/h4-9,11-12,14H,1,10H2,2-3H3,(H,25,26)(H2,24,27,28)/b6-5-,13-7+/t14-/m0/s1. The minimum atomic E-state index is -0.349. The number of H-pyrrole nitrogens is 2. The first kappa shape index (κ1) is 19.7. The summed E-state index contributed by atoms with van der Waals surface area (Å²) in [6.07, 6.45) is 8.48. The molecule has 0 fully saturated rings. The van der Waals surface area contributed by atoms with Crippen LogP contribution in [0.5, 0.6) is 5.75 Å². The summed E-state index contributed by atoms with van der Waals surface area (Å²) in [6.45, 7) is 7.82. The Kier molecular flexibility index (Phi) is 5.85. The van der Waals surface area contributed by atoms with Crippen LogP contribution in [0.25, 0.3) is 22.2 Å². The molecule has 0 saturated carbocycles. The summed E-state index contributed by atoms with van der Waals surface area (Å²) >= 11 is 6.40. The molecule has 1 aromatic carbocycles. The highest BCUT2D eigenvalue weighted by atomic mass is 35.5. The lowest BCUT2D eigenvalue weighted by Crippen LogP contribution is -2.02. The summed E-state index contributed by atoms with van der Waals surface area (Å²) in [5.41, 5.74) is 2.81. The monoisotopic (exact) mass is 395 g/mol. The molecule has 3 aromatic rings. The molecule has 0 bridgehead atoms. The topological polar surface area (TPSA) is 81.8 Å². The number of aromatic hydroxyl groups is 1. The van der Waals surface area contributed by atoms with E-state index >= 15 is 0 Å². The number of benzene rings is 1. The van der Waals surface area contributed by atoms with E-state index in [0.717, 1.165) is 23.9 Å². The first-order valence-electron chi connectivity index (χ1n) is 8.95. The Hall–Kier alpha value is -3.05. The molecule has 3 N–H and O–H groups in total. The molecule has 0 radical (unpaired) electrons. The second-order valence-corrected chi connectivity index (χ2v) is 7.18. The third-order valence-electron chi connectivity index (χ3n) is 4.50. The zero-order chi connectivity index (χ0) is 20.3. The van der Waals surface area contributed by atoms with Gasteiger partial charge in [-0.3, -0.25) is 4.79 Å². The molecule has 0 aliphatic heterocycles. The first-order valence-corrected chi connectivity index (χ1v) is 9.33. The molecular weight excluding hydrogens is 374 g/mol. The number of nitrogens with one attached hydrogen (secondary N) is 2. The highest BCUT2D eigenvalue weighted by molar-refractivity contribution is 6.32. The van der Waals surface area contributed by atoms with Crippen LogP contribution in [0.1, 0.15) is 32.0 Å². The van der Waals surface area contributed by atoms with Crippen LogP contribution in [0.15, 0.2) is 65.5 Å². The maximum absolute atomic E-state index is 11.5. The Balaban J connectivity index is 1.91. The van der Waals surface area contributed by atoms with E-state index in [1.54, 1.807) is 18.2 Å². The van der Waals surface area contributed by atoms with E-state index in [0.29, 0.717) is 21.7 Å². The summed E-state index contributed by atoms with van der Waals surface area (Å²) in [6, 6.07) is 6.47. The Morgan fingerprint density at radius 3 is 2.86 bits per heavy atom. The van der Waals surface area contributed by atoms with E-state index in [-0.39, 0.29) is 17.2 Å². The summed E-state index contributed by atoms with van der Waals surface area (Å²) in [7, 11) is 0. The lowest BCUT2D eigenvalue weighted by molar-refractivity contribution is 0.480. The minimum absolute atomic E-state index is 0.0748. The van der Waals surface area contributed by atoms with Crippen molar-refractivity contribution in [3.05, 3.63) is 82.1 Å². The number of pyridine rings is 1. The molecule has 28 heavy (non-hydrogen) atoms. The van der Waals surface area contributed by atoms with Gasteiger partial charge in [0.2, 0.25) is 0 Å². The van der Waals surface area contributed by atoms with Crippen LogP contribution in [0.4, 0.5) is 0 Å². The van der Waals surface area contributed by atoms with Crippen LogP contribution in [-0.4, -0.2) is 20.1 Å². The van der Waals surface area contributed by atoms with Crippen molar-refractivity contribution in [1.82, 2.24) is 15.0 Å². The Morgan fingerprint density at radius 2 is 2.11 bits per heavy atom. The lowest BCUT2D eigenvalue weighted by Gasteiger charge is -2.08. The third kappa shape index (κ3) is 4.26. The number of nitrogens with zero attached hydrogens (tertiary/aromatic N) is 1. The van der Waals surface area contributed by atoms with Crippen LogP contribution in [0.2, 0.25) is 5.15 Å². The Bertz CT molecular complexity index is 1140. The van der Waals surface area contributed by atoms with E-state index < -0.39 is 0 Å². The summed E-state index contributed by atoms with van der Waals surface area (Å²) < 4.78 is 0. The molecule has 6 heteroatoms. The Morgan fingerprint density at radius 1 is 1.32 bits per heavy atom. The van der Waals surface area contributed by atoms with E-state index in [4.69, 9.17) is 11.6 Å². The Labute approximate surface area is 168 Å². The summed E-state index contributed by atoms with van der Waals surface area (Å²) in [4.78, 5) is 22.0. The number of aromatic nitrogens is 3. The fraction of sp³-hybridized carbons (Fsp3) is 0.182. The predicted molar refractivity (Wildman–Crippen MR) is 115 cm³/mol. The average Bonchev–Trinajstić information content (AvgIpc) is 3.03. The van der Waals surface area contributed by atoms with Gasteiger partial charge in [0.15, 0.2) is 0 Å². The van der Waals surface area contributed by atoms with Crippen LogP contribution in [0, 0.1) is 0 Å². The van der Waals surface area contributed by atoms with E-state index in [9.17, 15) is 9.90 Å². The number of halogens is 1. The number of rotatable bonds is 6. The fourth-order valence-electron chi connectivity index (χ4n) is 3.12. The molecule has 1 atom stereocenters. The smallest absolute Gasteiger partial charge is 0.252 e. The van der Waals surface area contributed by atoms with Gasteiger partial charge < -0.3 is 15.1 Å². The fourth-order valence-corrected chi connectivity index (χ4v) is 3.37. The van der Waals surface area contributed by atoms with Crippen molar-refractivity contribution in [2.24, 2.45) is 0 Å². The van der Waals surface area contributed by atoms with E-state index in [1.165, 1.54) is 5.57 Å². The highest BCUT2D eigenvalue weighted by Crippen LogP contribution is 2.32. The number of hydrogen-bond acceptors (Lipinski definition) is 3. The second kappa shape index (κ2) is 8.31. The van der Waals surface area contributed by atoms with E-state index in [1.807, 2.05) is 18.2 Å². The van der Waals surface area contributed by atoms with Crippen molar-refractivity contribution in [2.45, 2.75) is 26.2 Å². The molecule has 2 heterocycles. The van der Waals surface area contributed by atoms with Crippen molar-refractivity contribution in [3.63, 3.8) is 0 Å². The van der Waals surface area contributed by atoms with Gasteiger partial charge in [0.25, 0.3) is 5.56 Å². The molecule has 0 amide bonds. The van der Waals surface area contributed by atoms with Gasteiger partial charge in [-0.05, 0) is 25.5 Å². The number of hydrogen-bond donors (Lipinski definition) is 3. The number of allylic oxidation sites excluding steroid dienone is 5. The van der Waals surface area contributed by atoms with E-state index in [2.05, 4.69) is 41.5 Å². The lowest BCUT2D eigenvalue weighted by atomic mass is 10.0. The normalized spacial score (nSPS) is 13.3. The average molecular weight is 396 g/mol. The predicted octanol–water partition coefficient (Wildman–Crippen LogP) is 5.46. The summed E-state index contributed by atoms with van der Waals surface area (Å²) in [5.74, 6) is 0.880. The largest absolute Gasteiger partial charge is 0.507 e. The molecule has 0 saturated heterocycles. The second-order valence-electron chi connectivity index (χ2n) is 6.80. The maximum Gasteiger partial charge on any atom is 0.252 e. The van der Waals surface area contributed by atoms with Gasteiger partial charge in [-0.25, -0.2) is 4.98 Å². The molecule has 5 nitrogen and oxygen atoms in total. The van der Waals surface area contributed by atoms with Gasteiger partial charge >= 0.3 is 0 Å². The van der Waals surface area contributed by atoms with Crippen molar-refractivity contribution < 1.29 is 5.11 Å². The SMILES string of the molecule is C=C/C=C\C=C(/C)C[C@H](C)c1nc(-c2ccc3[nH]c(=O)cc(O)c3c2)c(Cl)[nH]1. The van der Waals surface area contributed by atoms with Crippen molar-refractivity contribution in [3.8, 4) is 17.0 Å². The zero-order valence-corrected chi connectivity index (χ0v) is 16.5. The quantitative estimate of drug-likeness (QED) is 0.485. The molecule has 2 aromatic heterocycles. The maximum atomic E-state index is 11.5. The number of fused-ring (bicyclic) bond motifs is 1. The molecule has 3 rings (SSSR count). The molecule has 0 unspecified atom stereocenters. The van der Waals surface area contributed by atoms with Crippen LogP contribution in [-0.2, 0) is 0 Å². The van der Waals surface area contributed by atoms with Gasteiger partial charge in [0.05, 0.1) is 5.52 Å². The minimum Gasteiger partial charge on any atom is -0.507 e. The zero-order valence-electron chi connectivity index (χ0n) is 15.8. The van der Waals surface area contributed by atoms with Crippen LogP contribution >= 0.6 is 11.6 Å². The van der Waals surface area contributed by atoms with Gasteiger partial charge in [-0.1, -0.05) is 61.0 Å². The number of imidazole rings is 1. The molecular formula is C22H22ClN3O2. The highest BCUT2D eigenvalue weighted by Gasteiger charge is 2.16. The van der Waals surface area contributed by atoms with Crippen molar-refractivity contribution in [1.29, 1.82) is 0 Å². The first-order chi connectivity index (χ1) is 13.4. The van der Waals surface area contributed by atoms with Crippen molar-refractivity contribution >= 4 is 22.5 Å². The molecule has 0 spiro atoms.